The summed E-state index contributed by atoms with van der Waals surface area (Å²) in [6, 6.07) is 3.17. The van der Waals surface area contributed by atoms with E-state index in [1.54, 1.807) is 12.1 Å². The van der Waals surface area contributed by atoms with E-state index in [4.69, 9.17) is 0 Å². The largest absolute Gasteiger partial charge is 0.239 e. The molecule has 0 nitrogen and oxygen atoms in total. The maximum absolute atomic E-state index is 14.0. The molecular formula is C12H11F3. The van der Waals surface area contributed by atoms with Crippen LogP contribution in [0.15, 0.2) is 18.2 Å². The summed E-state index contributed by atoms with van der Waals surface area (Å²) in [5, 5.41) is 0. The SMILES string of the molecule is Cc1ccc2c(c1F)C(C)(F)C(F)C=C2. The second kappa shape index (κ2) is 3.12. The number of benzene rings is 1. The molecule has 2 rings (SSSR count). The Bertz CT molecular complexity index is 433. The first-order valence-electron chi connectivity index (χ1n) is 4.75. The van der Waals surface area contributed by atoms with Gasteiger partial charge in [0.25, 0.3) is 0 Å². The van der Waals surface area contributed by atoms with Gasteiger partial charge in [0.05, 0.1) is 0 Å². The minimum atomic E-state index is -2.28. The van der Waals surface area contributed by atoms with E-state index in [0.717, 1.165) is 13.0 Å². The van der Waals surface area contributed by atoms with Crippen LogP contribution in [0.1, 0.15) is 23.6 Å². The van der Waals surface area contributed by atoms with Gasteiger partial charge in [0.1, 0.15) is 5.82 Å². The Morgan fingerprint density at radius 1 is 1.33 bits per heavy atom. The minimum absolute atomic E-state index is 0.169. The summed E-state index contributed by atoms with van der Waals surface area (Å²) in [5.41, 5.74) is -1.70. The quantitative estimate of drug-likeness (QED) is 0.615. The van der Waals surface area contributed by atoms with Crippen molar-refractivity contribution in [3.05, 3.63) is 40.7 Å². The van der Waals surface area contributed by atoms with Crippen molar-refractivity contribution in [2.24, 2.45) is 0 Å². The van der Waals surface area contributed by atoms with Crippen LogP contribution >= 0.6 is 0 Å². The fourth-order valence-corrected chi connectivity index (χ4v) is 1.84. The molecule has 0 aromatic heterocycles. The first kappa shape index (κ1) is 10.3. The topological polar surface area (TPSA) is 0 Å². The fourth-order valence-electron chi connectivity index (χ4n) is 1.84. The number of halogens is 3. The van der Waals surface area contributed by atoms with E-state index >= 15 is 0 Å². The summed E-state index contributed by atoms with van der Waals surface area (Å²) in [6.07, 6.45) is 0.752. The zero-order chi connectivity index (χ0) is 11.2. The van der Waals surface area contributed by atoms with Gasteiger partial charge >= 0.3 is 0 Å². The number of hydrogen-bond donors (Lipinski definition) is 0. The van der Waals surface area contributed by atoms with E-state index in [9.17, 15) is 13.2 Å². The molecule has 15 heavy (non-hydrogen) atoms. The van der Waals surface area contributed by atoms with Crippen molar-refractivity contribution in [1.29, 1.82) is 0 Å². The summed E-state index contributed by atoms with van der Waals surface area (Å²) in [6.45, 7) is 2.61. The number of aryl methyl sites for hydroxylation is 1. The highest BCUT2D eigenvalue weighted by molar-refractivity contribution is 5.61. The average Bonchev–Trinajstić information content (AvgIpc) is 2.17. The monoisotopic (exact) mass is 212 g/mol. The molecule has 0 bridgehead atoms. The Kier molecular flexibility index (Phi) is 2.14. The smallest absolute Gasteiger partial charge is 0.171 e. The van der Waals surface area contributed by atoms with Crippen LogP contribution in [0.3, 0.4) is 0 Å². The van der Waals surface area contributed by atoms with E-state index in [1.807, 2.05) is 0 Å². The molecule has 1 aliphatic rings. The lowest BCUT2D eigenvalue weighted by molar-refractivity contribution is 0.0889. The van der Waals surface area contributed by atoms with Crippen molar-refractivity contribution in [1.82, 2.24) is 0 Å². The third kappa shape index (κ3) is 1.37. The van der Waals surface area contributed by atoms with Crippen molar-refractivity contribution in [2.45, 2.75) is 25.7 Å². The van der Waals surface area contributed by atoms with Crippen molar-refractivity contribution in [2.75, 3.05) is 0 Å². The van der Waals surface area contributed by atoms with Crippen LogP contribution in [-0.4, -0.2) is 6.17 Å². The maximum Gasteiger partial charge on any atom is 0.171 e. The molecule has 1 aromatic rings. The van der Waals surface area contributed by atoms with Crippen LogP contribution in [0.4, 0.5) is 13.2 Å². The van der Waals surface area contributed by atoms with Crippen LogP contribution in [0, 0.1) is 12.7 Å². The van der Waals surface area contributed by atoms with Gasteiger partial charge < -0.3 is 0 Å². The van der Waals surface area contributed by atoms with Gasteiger partial charge in [-0.25, -0.2) is 13.2 Å². The third-order valence-corrected chi connectivity index (χ3v) is 2.82. The highest BCUT2D eigenvalue weighted by atomic mass is 19.2. The van der Waals surface area contributed by atoms with Crippen LogP contribution in [0.5, 0.6) is 0 Å². The van der Waals surface area contributed by atoms with Gasteiger partial charge in [0.15, 0.2) is 11.8 Å². The normalized spacial score (nSPS) is 29.0. The number of hydrogen-bond acceptors (Lipinski definition) is 0. The van der Waals surface area contributed by atoms with Gasteiger partial charge in [-0.3, -0.25) is 0 Å². The fraction of sp³-hybridized carbons (Fsp3) is 0.333. The zero-order valence-corrected chi connectivity index (χ0v) is 8.52. The second-order valence-corrected chi connectivity index (χ2v) is 4.00. The Morgan fingerprint density at radius 2 is 2.00 bits per heavy atom. The molecule has 2 atom stereocenters. The maximum atomic E-state index is 14.0. The zero-order valence-electron chi connectivity index (χ0n) is 8.52. The Labute approximate surface area is 86.4 Å². The lowest BCUT2D eigenvalue weighted by atomic mass is 9.83. The molecule has 0 radical (unpaired) electrons. The third-order valence-electron chi connectivity index (χ3n) is 2.82. The van der Waals surface area contributed by atoms with Crippen LogP contribution < -0.4 is 0 Å². The highest BCUT2D eigenvalue weighted by Crippen LogP contribution is 2.40. The van der Waals surface area contributed by atoms with Gasteiger partial charge in [-0.1, -0.05) is 18.2 Å². The molecule has 0 N–H and O–H groups in total. The molecule has 0 fully saturated rings. The van der Waals surface area contributed by atoms with Crippen molar-refractivity contribution in [3.63, 3.8) is 0 Å². The van der Waals surface area contributed by atoms with Crippen LogP contribution in [0.2, 0.25) is 0 Å². The van der Waals surface area contributed by atoms with Gasteiger partial charge in [-0.2, -0.15) is 0 Å². The molecule has 1 aliphatic carbocycles. The summed E-state index contributed by atoms with van der Waals surface area (Å²) >= 11 is 0. The predicted molar refractivity (Wildman–Crippen MR) is 53.5 cm³/mol. The molecule has 1 aromatic carbocycles. The van der Waals surface area contributed by atoms with Gasteiger partial charge in [-0.05, 0) is 31.1 Å². The summed E-state index contributed by atoms with van der Waals surface area (Å²) in [4.78, 5) is 0. The Hall–Kier alpha value is -1.25. The molecule has 0 heterocycles. The molecule has 0 amide bonds. The molecule has 0 saturated heterocycles. The summed E-state index contributed by atoms with van der Waals surface area (Å²) in [7, 11) is 0. The number of fused-ring (bicyclic) bond motifs is 1. The number of allylic oxidation sites excluding steroid dienone is 1. The Morgan fingerprint density at radius 3 is 2.67 bits per heavy atom. The molecular weight excluding hydrogens is 201 g/mol. The van der Waals surface area contributed by atoms with Crippen LogP contribution in [0.25, 0.3) is 6.08 Å². The molecule has 0 aliphatic heterocycles. The highest BCUT2D eigenvalue weighted by Gasteiger charge is 2.41. The molecule has 80 valence electrons. The van der Waals surface area contributed by atoms with Gasteiger partial charge in [0.2, 0.25) is 0 Å². The molecule has 0 spiro atoms. The number of alkyl halides is 2. The van der Waals surface area contributed by atoms with E-state index in [2.05, 4.69) is 0 Å². The van der Waals surface area contributed by atoms with E-state index < -0.39 is 17.7 Å². The minimum Gasteiger partial charge on any atom is -0.239 e. The average molecular weight is 212 g/mol. The second-order valence-electron chi connectivity index (χ2n) is 4.00. The summed E-state index contributed by atoms with van der Waals surface area (Å²) in [5.74, 6) is -0.649. The molecule has 3 heteroatoms. The predicted octanol–water partition coefficient (Wildman–Crippen LogP) is 3.68. The first-order valence-corrected chi connectivity index (χ1v) is 4.75. The first-order chi connectivity index (χ1) is 6.94. The van der Waals surface area contributed by atoms with Gasteiger partial charge in [-0.15, -0.1) is 0 Å². The molecule has 0 saturated carbocycles. The van der Waals surface area contributed by atoms with Gasteiger partial charge in [0, 0.05) is 5.56 Å². The van der Waals surface area contributed by atoms with E-state index in [0.29, 0.717) is 11.1 Å². The Balaban J connectivity index is 2.73. The van der Waals surface area contributed by atoms with E-state index in [-0.39, 0.29) is 5.56 Å². The van der Waals surface area contributed by atoms with E-state index in [1.165, 1.54) is 13.0 Å². The van der Waals surface area contributed by atoms with Crippen molar-refractivity contribution in [3.8, 4) is 0 Å². The van der Waals surface area contributed by atoms with Crippen molar-refractivity contribution >= 4 is 6.08 Å². The lowest BCUT2D eigenvalue weighted by Crippen LogP contribution is -2.31. The lowest BCUT2D eigenvalue weighted by Gasteiger charge is -2.29. The standard InChI is InChI=1S/C12H11F3/c1-7-3-4-8-5-6-9(13)12(2,15)10(8)11(7)14/h3-6,9H,1-2H3. The van der Waals surface area contributed by atoms with Crippen molar-refractivity contribution < 1.29 is 13.2 Å². The summed E-state index contributed by atoms with van der Waals surface area (Å²) < 4.78 is 41.1. The molecule has 2 unspecified atom stereocenters. The number of rotatable bonds is 0. The van der Waals surface area contributed by atoms with Crippen LogP contribution in [-0.2, 0) is 5.67 Å².